The van der Waals surface area contributed by atoms with Gasteiger partial charge in [-0.1, -0.05) is 6.07 Å². The monoisotopic (exact) mass is 163 g/mol. The molecule has 2 aromatic rings. The van der Waals surface area contributed by atoms with Crippen molar-refractivity contribution in [2.45, 2.75) is 0 Å². The number of thiazole rings is 1. The maximum atomic E-state index is 10.5. The summed E-state index contributed by atoms with van der Waals surface area (Å²) in [5, 5.41) is 0. The molecule has 0 aliphatic carbocycles. The summed E-state index contributed by atoms with van der Waals surface area (Å²) in [6, 6.07) is 5.60. The van der Waals surface area contributed by atoms with E-state index in [1.165, 1.54) is 0 Å². The molecule has 0 N–H and O–H groups in total. The summed E-state index contributed by atoms with van der Waals surface area (Å²) in [4.78, 5) is 14.6. The normalized spacial score (nSPS) is 10.2. The molecule has 1 aromatic heterocycles. The molecule has 0 aliphatic heterocycles. The van der Waals surface area contributed by atoms with Crippen molar-refractivity contribution in [3.63, 3.8) is 0 Å². The first-order chi connectivity index (χ1) is 5.42. The minimum absolute atomic E-state index is 0.670. The van der Waals surface area contributed by atoms with E-state index in [1.54, 1.807) is 22.9 Å². The Bertz CT molecular complexity index is 394. The van der Waals surface area contributed by atoms with E-state index in [1.807, 2.05) is 12.1 Å². The van der Waals surface area contributed by atoms with Crippen molar-refractivity contribution in [1.29, 1.82) is 0 Å². The molecule has 3 heteroatoms. The molecule has 0 amide bonds. The van der Waals surface area contributed by atoms with E-state index in [2.05, 4.69) is 4.98 Å². The third-order valence-corrected chi connectivity index (χ3v) is 2.31. The first-order valence-electron chi connectivity index (χ1n) is 3.19. The molecule has 1 heterocycles. The highest BCUT2D eigenvalue weighted by Crippen LogP contribution is 2.19. The van der Waals surface area contributed by atoms with Gasteiger partial charge in [-0.25, -0.2) is 4.98 Å². The molecule has 0 saturated carbocycles. The van der Waals surface area contributed by atoms with Crippen molar-refractivity contribution in [3.05, 3.63) is 29.3 Å². The van der Waals surface area contributed by atoms with Gasteiger partial charge in [0.1, 0.15) is 0 Å². The highest BCUT2D eigenvalue weighted by atomic mass is 32.1. The summed E-state index contributed by atoms with van der Waals surface area (Å²) in [6.07, 6.45) is 0.835. The third kappa shape index (κ3) is 0.935. The van der Waals surface area contributed by atoms with Crippen LogP contribution in [0.1, 0.15) is 10.4 Å². The summed E-state index contributed by atoms with van der Waals surface area (Å²) >= 11 is 1.55. The second-order valence-electron chi connectivity index (χ2n) is 2.16. The zero-order valence-electron chi connectivity index (χ0n) is 5.65. The Labute approximate surface area is 67.5 Å². The highest BCUT2D eigenvalue weighted by Gasteiger charge is 2.00. The summed E-state index contributed by atoms with van der Waals surface area (Å²) in [5.41, 5.74) is 3.23. The van der Waals surface area contributed by atoms with E-state index < -0.39 is 0 Å². The zero-order valence-corrected chi connectivity index (χ0v) is 6.47. The van der Waals surface area contributed by atoms with Gasteiger partial charge in [-0.2, -0.15) is 0 Å². The molecule has 0 saturated heterocycles. The molecule has 2 nitrogen and oxygen atoms in total. The van der Waals surface area contributed by atoms with Crippen LogP contribution in [0.3, 0.4) is 0 Å². The number of nitrogens with zero attached hydrogens (tertiary/aromatic N) is 1. The fourth-order valence-electron chi connectivity index (χ4n) is 1.00. The maximum Gasteiger partial charge on any atom is 0.152 e. The zero-order chi connectivity index (χ0) is 7.68. The van der Waals surface area contributed by atoms with Crippen LogP contribution < -0.4 is 0 Å². The lowest BCUT2D eigenvalue weighted by molar-refractivity contribution is 0.112. The molecule has 0 spiro atoms. The standard InChI is InChI=1S/C8H5NOS/c10-4-6-2-1-3-7-8(6)9-5-11-7/h1-5H. The van der Waals surface area contributed by atoms with E-state index in [0.29, 0.717) is 5.56 Å². The van der Waals surface area contributed by atoms with Gasteiger partial charge in [0.25, 0.3) is 0 Å². The van der Waals surface area contributed by atoms with Gasteiger partial charge in [-0.15, -0.1) is 11.3 Å². The van der Waals surface area contributed by atoms with Crippen LogP contribution in [-0.2, 0) is 0 Å². The number of carbonyl (C=O) groups excluding carboxylic acids is 1. The van der Waals surface area contributed by atoms with Gasteiger partial charge in [-0.05, 0) is 12.1 Å². The molecule has 1 aromatic carbocycles. The largest absolute Gasteiger partial charge is 0.298 e. The van der Waals surface area contributed by atoms with Crippen molar-refractivity contribution >= 4 is 27.8 Å². The predicted molar refractivity (Wildman–Crippen MR) is 45.0 cm³/mol. The molecule has 0 radical (unpaired) electrons. The molecule has 0 fully saturated rings. The Morgan fingerprint density at radius 3 is 3.18 bits per heavy atom. The number of hydrogen-bond donors (Lipinski definition) is 0. The topological polar surface area (TPSA) is 30.0 Å². The molecule has 0 bridgehead atoms. The Hall–Kier alpha value is -1.22. The number of para-hydroxylation sites is 1. The fourth-order valence-corrected chi connectivity index (χ4v) is 1.71. The molecule has 0 unspecified atom stereocenters. The molecule has 0 atom stereocenters. The van der Waals surface area contributed by atoms with Crippen molar-refractivity contribution in [3.8, 4) is 0 Å². The number of benzene rings is 1. The lowest BCUT2D eigenvalue weighted by Crippen LogP contribution is -1.79. The Kier molecular flexibility index (Phi) is 1.43. The van der Waals surface area contributed by atoms with Crippen LogP contribution >= 0.6 is 11.3 Å². The minimum Gasteiger partial charge on any atom is -0.298 e. The maximum absolute atomic E-state index is 10.5. The predicted octanol–water partition coefficient (Wildman–Crippen LogP) is 2.11. The van der Waals surface area contributed by atoms with Gasteiger partial charge < -0.3 is 0 Å². The van der Waals surface area contributed by atoms with Crippen LogP contribution in [0.15, 0.2) is 23.7 Å². The highest BCUT2D eigenvalue weighted by molar-refractivity contribution is 7.16. The number of fused-ring (bicyclic) bond motifs is 1. The fraction of sp³-hybridized carbons (Fsp3) is 0. The number of aldehydes is 1. The average molecular weight is 163 g/mol. The minimum atomic E-state index is 0.670. The van der Waals surface area contributed by atoms with Gasteiger partial charge in [0.15, 0.2) is 6.29 Å². The van der Waals surface area contributed by atoms with E-state index >= 15 is 0 Å². The lowest BCUT2D eigenvalue weighted by atomic mass is 10.2. The Balaban J connectivity index is 2.88. The molecule has 0 aliphatic rings. The first kappa shape index (κ1) is 6.49. The van der Waals surface area contributed by atoms with Gasteiger partial charge in [0.2, 0.25) is 0 Å². The van der Waals surface area contributed by atoms with Crippen LogP contribution in [0.5, 0.6) is 0 Å². The summed E-state index contributed by atoms with van der Waals surface area (Å²) in [7, 11) is 0. The first-order valence-corrected chi connectivity index (χ1v) is 4.07. The summed E-state index contributed by atoms with van der Waals surface area (Å²) in [5.74, 6) is 0. The number of hydrogen-bond acceptors (Lipinski definition) is 3. The molecular formula is C8H5NOS. The van der Waals surface area contributed by atoms with Gasteiger partial charge in [-0.3, -0.25) is 4.79 Å². The average Bonchev–Trinajstić information content (AvgIpc) is 2.50. The van der Waals surface area contributed by atoms with Crippen molar-refractivity contribution in [1.82, 2.24) is 4.98 Å². The third-order valence-electron chi connectivity index (χ3n) is 1.52. The summed E-state index contributed by atoms with van der Waals surface area (Å²) < 4.78 is 1.06. The van der Waals surface area contributed by atoms with Crippen LogP contribution in [0.4, 0.5) is 0 Å². The quantitative estimate of drug-likeness (QED) is 0.602. The van der Waals surface area contributed by atoms with E-state index in [-0.39, 0.29) is 0 Å². The second-order valence-corrected chi connectivity index (χ2v) is 3.05. The molecule has 11 heavy (non-hydrogen) atoms. The molecule has 2 rings (SSSR count). The van der Waals surface area contributed by atoms with Gasteiger partial charge in [0, 0.05) is 5.56 Å². The smallest absolute Gasteiger partial charge is 0.152 e. The van der Waals surface area contributed by atoms with Crippen molar-refractivity contribution < 1.29 is 4.79 Å². The molecule has 54 valence electrons. The van der Waals surface area contributed by atoms with Crippen LogP contribution in [0, 0.1) is 0 Å². The van der Waals surface area contributed by atoms with Gasteiger partial charge in [0.05, 0.1) is 15.7 Å². The van der Waals surface area contributed by atoms with Crippen molar-refractivity contribution in [2.24, 2.45) is 0 Å². The van der Waals surface area contributed by atoms with Crippen LogP contribution in [-0.4, -0.2) is 11.3 Å². The van der Waals surface area contributed by atoms with Crippen LogP contribution in [0.2, 0.25) is 0 Å². The van der Waals surface area contributed by atoms with Gasteiger partial charge >= 0.3 is 0 Å². The molecular weight excluding hydrogens is 158 g/mol. The van der Waals surface area contributed by atoms with E-state index in [4.69, 9.17) is 0 Å². The number of carbonyl (C=O) groups is 1. The number of rotatable bonds is 1. The van der Waals surface area contributed by atoms with Crippen LogP contribution in [0.25, 0.3) is 10.2 Å². The second kappa shape index (κ2) is 2.43. The van der Waals surface area contributed by atoms with E-state index in [9.17, 15) is 4.79 Å². The Morgan fingerprint density at radius 1 is 1.45 bits per heavy atom. The number of aromatic nitrogens is 1. The lowest BCUT2D eigenvalue weighted by Gasteiger charge is -1.89. The Morgan fingerprint density at radius 2 is 2.36 bits per heavy atom. The SMILES string of the molecule is O=Cc1cccc2scnc12. The van der Waals surface area contributed by atoms with E-state index in [0.717, 1.165) is 16.5 Å². The van der Waals surface area contributed by atoms with Crippen molar-refractivity contribution in [2.75, 3.05) is 0 Å². The summed E-state index contributed by atoms with van der Waals surface area (Å²) in [6.45, 7) is 0.